The summed E-state index contributed by atoms with van der Waals surface area (Å²) < 4.78 is 18.5. The first kappa shape index (κ1) is 16.6. The second-order valence-electron chi connectivity index (χ2n) is 6.54. The van der Waals surface area contributed by atoms with Crippen molar-refractivity contribution in [1.82, 2.24) is 9.97 Å². The normalized spacial score (nSPS) is 23.7. The highest BCUT2D eigenvalue weighted by Crippen LogP contribution is 2.36. The lowest BCUT2D eigenvalue weighted by atomic mass is 9.73. The number of benzene rings is 1. The summed E-state index contributed by atoms with van der Waals surface area (Å²) in [5, 5.41) is 13.4. The number of rotatable bonds is 5. The van der Waals surface area contributed by atoms with Crippen LogP contribution in [0.15, 0.2) is 36.5 Å². The molecule has 1 heterocycles. The number of anilines is 1. The minimum Gasteiger partial charge on any atom is -0.439 e. The van der Waals surface area contributed by atoms with Crippen molar-refractivity contribution in [3.8, 4) is 11.6 Å². The van der Waals surface area contributed by atoms with Crippen molar-refractivity contribution < 1.29 is 14.2 Å². The molecule has 1 aromatic heterocycles. The number of ether oxygens (including phenoxy) is 1. The highest BCUT2D eigenvalue weighted by Gasteiger charge is 2.35. The lowest BCUT2D eigenvalue weighted by molar-refractivity contribution is 0.00953. The summed E-state index contributed by atoms with van der Waals surface area (Å²) in [5.41, 5.74) is -0.171. The summed E-state index contributed by atoms with van der Waals surface area (Å²) in [7, 11) is 0. The van der Waals surface area contributed by atoms with Crippen molar-refractivity contribution in [2.24, 2.45) is 5.41 Å². The summed E-state index contributed by atoms with van der Waals surface area (Å²) in [4.78, 5) is 8.50. The quantitative estimate of drug-likeness (QED) is 0.873. The van der Waals surface area contributed by atoms with E-state index in [-0.39, 0.29) is 17.3 Å². The molecule has 2 unspecified atom stereocenters. The molecule has 3 rings (SSSR count). The van der Waals surface area contributed by atoms with Gasteiger partial charge in [-0.15, -0.1) is 0 Å². The Kier molecular flexibility index (Phi) is 4.94. The minimum atomic E-state index is -0.313. The Morgan fingerprint density at radius 1 is 1.29 bits per heavy atom. The number of aliphatic hydroxyl groups excluding tert-OH is 1. The monoisotopic (exact) mass is 331 g/mol. The van der Waals surface area contributed by atoms with Gasteiger partial charge in [0.25, 0.3) is 0 Å². The van der Waals surface area contributed by atoms with Gasteiger partial charge in [-0.25, -0.2) is 9.37 Å². The van der Waals surface area contributed by atoms with E-state index in [1.54, 1.807) is 24.4 Å². The predicted molar refractivity (Wildman–Crippen MR) is 89.6 cm³/mol. The van der Waals surface area contributed by atoms with Crippen molar-refractivity contribution in [3.63, 3.8) is 0 Å². The zero-order valence-corrected chi connectivity index (χ0v) is 13.7. The molecule has 1 aromatic carbocycles. The molecule has 1 aliphatic carbocycles. The van der Waals surface area contributed by atoms with Crippen molar-refractivity contribution in [2.75, 3.05) is 11.9 Å². The van der Waals surface area contributed by atoms with Crippen LogP contribution in [-0.4, -0.2) is 27.7 Å². The fourth-order valence-electron chi connectivity index (χ4n) is 2.98. The number of halogens is 1. The number of hydrogen-bond donors (Lipinski definition) is 2. The number of aliphatic hydroxyl groups is 1. The number of nitrogens with one attached hydrogen (secondary N) is 1. The van der Waals surface area contributed by atoms with Gasteiger partial charge in [0, 0.05) is 24.2 Å². The zero-order chi connectivity index (χ0) is 17.0. The lowest BCUT2D eigenvalue weighted by Gasteiger charge is -2.38. The van der Waals surface area contributed by atoms with Crippen molar-refractivity contribution >= 4 is 5.95 Å². The van der Waals surface area contributed by atoms with E-state index >= 15 is 0 Å². The van der Waals surface area contributed by atoms with Gasteiger partial charge in [-0.05, 0) is 37.1 Å². The van der Waals surface area contributed by atoms with Crippen LogP contribution in [0.4, 0.5) is 10.3 Å². The van der Waals surface area contributed by atoms with Crippen LogP contribution >= 0.6 is 0 Å². The number of aromatic nitrogens is 2. The van der Waals surface area contributed by atoms with E-state index in [0.717, 1.165) is 25.7 Å². The predicted octanol–water partition coefficient (Wildman–Crippen LogP) is 3.76. The second-order valence-corrected chi connectivity index (χ2v) is 6.54. The maximum Gasteiger partial charge on any atom is 0.225 e. The Labute approximate surface area is 140 Å². The molecular weight excluding hydrogens is 309 g/mol. The molecule has 128 valence electrons. The molecule has 5 nitrogen and oxygen atoms in total. The molecule has 0 amide bonds. The molecule has 0 bridgehead atoms. The maximum atomic E-state index is 12.9. The molecule has 0 aliphatic heterocycles. The first-order valence-corrected chi connectivity index (χ1v) is 8.24. The summed E-state index contributed by atoms with van der Waals surface area (Å²) in [6.45, 7) is 2.69. The van der Waals surface area contributed by atoms with Crippen molar-refractivity contribution in [3.05, 3.63) is 42.3 Å². The third-order valence-electron chi connectivity index (χ3n) is 4.60. The molecule has 0 spiro atoms. The highest BCUT2D eigenvalue weighted by atomic mass is 19.1. The third kappa shape index (κ3) is 4.00. The Bertz CT molecular complexity index is 680. The molecule has 24 heavy (non-hydrogen) atoms. The van der Waals surface area contributed by atoms with Crippen LogP contribution in [0, 0.1) is 11.2 Å². The van der Waals surface area contributed by atoms with Gasteiger partial charge in [-0.2, -0.15) is 4.98 Å². The molecular formula is C18H22FN3O2. The molecule has 1 saturated carbocycles. The van der Waals surface area contributed by atoms with Crippen LogP contribution in [0.2, 0.25) is 0 Å². The molecule has 0 saturated heterocycles. The van der Waals surface area contributed by atoms with Gasteiger partial charge < -0.3 is 15.2 Å². The van der Waals surface area contributed by atoms with Crippen LogP contribution in [0.25, 0.3) is 0 Å². The van der Waals surface area contributed by atoms with Crippen molar-refractivity contribution in [2.45, 2.75) is 38.7 Å². The topological polar surface area (TPSA) is 67.3 Å². The van der Waals surface area contributed by atoms with E-state index in [1.165, 1.54) is 12.1 Å². The van der Waals surface area contributed by atoms with Gasteiger partial charge in [0.15, 0.2) is 0 Å². The fourth-order valence-corrected chi connectivity index (χ4v) is 2.98. The standard InChI is InChI=1S/C18H22FN3O2/c1-18(10-3-2-4-15(18)23)12-21-17-20-11-9-16(22-17)24-14-7-5-13(19)6-8-14/h5-9,11,15,23H,2-4,10,12H2,1H3,(H,20,21,22). The minimum absolute atomic E-state index is 0.171. The first-order chi connectivity index (χ1) is 11.5. The van der Waals surface area contributed by atoms with Crippen LogP contribution in [-0.2, 0) is 0 Å². The van der Waals surface area contributed by atoms with Gasteiger partial charge in [0.2, 0.25) is 11.8 Å². The number of nitrogens with zero attached hydrogens (tertiary/aromatic N) is 2. The summed E-state index contributed by atoms with van der Waals surface area (Å²) in [6, 6.07) is 7.40. The average molecular weight is 331 g/mol. The van der Waals surface area contributed by atoms with Gasteiger partial charge in [-0.1, -0.05) is 19.8 Å². The van der Waals surface area contributed by atoms with Gasteiger partial charge in [0.05, 0.1) is 6.10 Å². The average Bonchev–Trinajstić information content (AvgIpc) is 2.59. The smallest absolute Gasteiger partial charge is 0.225 e. The SMILES string of the molecule is CC1(CNc2nccc(Oc3ccc(F)cc3)n2)CCCCC1O. The summed E-state index contributed by atoms with van der Waals surface area (Å²) >= 11 is 0. The lowest BCUT2D eigenvalue weighted by Crippen LogP contribution is -2.41. The molecule has 1 fully saturated rings. The summed E-state index contributed by atoms with van der Waals surface area (Å²) in [6.07, 6.45) is 5.32. The first-order valence-electron chi connectivity index (χ1n) is 8.24. The molecule has 1 aliphatic rings. The number of hydrogen-bond acceptors (Lipinski definition) is 5. The highest BCUT2D eigenvalue weighted by molar-refractivity contribution is 5.31. The van der Waals surface area contributed by atoms with Crippen LogP contribution in [0.5, 0.6) is 11.6 Å². The van der Waals surface area contributed by atoms with Crippen LogP contribution in [0.1, 0.15) is 32.6 Å². The van der Waals surface area contributed by atoms with E-state index in [0.29, 0.717) is 24.1 Å². The zero-order valence-electron chi connectivity index (χ0n) is 13.7. The molecule has 2 N–H and O–H groups in total. The molecule has 2 aromatic rings. The van der Waals surface area contributed by atoms with E-state index in [1.807, 2.05) is 0 Å². The van der Waals surface area contributed by atoms with E-state index in [2.05, 4.69) is 22.2 Å². The summed E-state index contributed by atoms with van der Waals surface area (Å²) in [5.74, 6) is 1.03. The molecule has 6 heteroatoms. The Balaban J connectivity index is 1.63. The largest absolute Gasteiger partial charge is 0.439 e. The second kappa shape index (κ2) is 7.13. The molecule has 0 radical (unpaired) electrons. The van der Waals surface area contributed by atoms with Crippen LogP contribution < -0.4 is 10.1 Å². The van der Waals surface area contributed by atoms with Crippen molar-refractivity contribution in [1.29, 1.82) is 0 Å². The van der Waals surface area contributed by atoms with E-state index < -0.39 is 0 Å². The molecule has 2 atom stereocenters. The Morgan fingerprint density at radius 2 is 2.08 bits per heavy atom. The third-order valence-corrected chi connectivity index (χ3v) is 4.60. The van der Waals surface area contributed by atoms with E-state index in [9.17, 15) is 9.50 Å². The maximum absolute atomic E-state index is 12.9. The van der Waals surface area contributed by atoms with Crippen LogP contribution in [0.3, 0.4) is 0 Å². The van der Waals surface area contributed by atoms with Gasteiger partial charge in [-0.3, -0.25) is 0 Å². The van der Waals surface area contributed by atoms with E-state index in [4.69, 9.17) is 4.74 Å². The van der Waals surface area contributed by atoms with Gasteiger partial charge in [0.1, 0.15) is 11.6 Å². The fraction of sp³-hybridized carbons (Fsp3) is 0.444. The van der Waals surface area contributed by atoms with Gasteiger partial charge >= 0.3 is 0 Å². The Hall–Kier alpha value is -2.21. The Morgan fingerprint density at radius 3 is 2.83 bits per heavy atom.